The van der Waals surface area contributed by atoms with Gasteiger partial charge in [0.1, 0.15) is 5.75 Å². The maximum Gasteiger partial charge on any atom is 0.490 e. The molecule has 13 heteroatoms. The summed E-state index contributed by atoms with van der Waals surface area (Å²) in [5.74, 6) is -2.56. The predicted octanol–water partition coefficient (Wildman–Crippen LogP) is 4.75. The molecule has 5 N–H and O–H groups in total. The van der Waals surface area contributed by atoms with Crippen LogP contribution >= 0.6 is 11.6 Å². The minimum atomic E-state index is -5.08. The molecule has 0 atom stereocenters. The largest absolute Gasteiger partial charge is 0.507 e. The zero-order chi connectivity index (χ0) is 30.6. The van der Waals surface area contributed by atoms with Gasteiger partial charge >= 0.3 is 18.2 Å². The number of carbonyl (C=O) groups is 2. The average Bonchev–Trinajstić information content (AvgIpc) is 3.30. The van der Waals surface area contributed by atoms with Gasteiger partial charge in [0, 0.05) is 69.7 Å². The molecule has 0 saturated carbocycles. The summed E-state index contributed by atoms with van der Waals surface area (Å²) in [7, 11) is 1.78. The molecule has 0 aromatic heterocycles. The summed E-state index contributed by atoms with van der Waals surface area (Å²) in [5, 5.41) is 22.3. The van der Waals surface area contributed by atoms with Crippen LogP contribution < -0.4 is 20.9 Å². The average molecular weight is 606 g/mol. The Bertz CT molecular complexity index is 1460. The number of alkyl halides is 3. The zero-order valence-electron chi connectivity index (χ0n) is 22.8. The van der Waals surface area contributed by atoms with Crippen molar-refractivity contribution in [3.63, 3.8) is 0 Å². The molecule has 0 spiro atoms. The number of rotatable bonds is 5. The molecule has 0 unspecified atom stereocenters. The highest BCUT2D eigenvalue weighted by atomic mass is 35.5. The lowest BCUT2D eigenvalue weighted by molar-refractivity contribution is -0.192. The van der Waals surface area contributed by atoms with E-state index in [0.717, 1.165) is 54.1 Å². The van der Waals surface area contributed by atoms with Gasteiger partial charge in [-0.2, -0.15) is 13.2 Å². The maximum atomic E-state index is 12.4. The fourth-order valence-corrected chi connectivity index (χ4v) is 5.16. The molecule has 3 aromatic carbocycles. The SMILES string of the molecule is CN1CCN(c2ccc(-c3cccc(-c4ccc(CN)c(N5CCNCC5)c4)c3O)cc2Cl)C1=O.O=C(O)C(F)(F)F. The number of carboxylic acid groups (broad SMARTS) is 1. The van der Waals surface area contributed by atoms with Crippen molar-refractivity contribution in [3.05, 3.63) is 65.2 Å². The summed E-state index contributed by atoms with van der Waals surface area (Å²) in [6.45, 7) is 5.44. The molecule has 2 amide bonds. The van der Waals surface area contributed by atoms with Crippen LogP contribution in [-0.4, -0.2) is 79.6 Å². The number of aliphatic carboxylic acids is 1. The second-order valence-electron chi connectivity index (χ2n) is 9.81. The van der Waals surface area contributed by atoms with Crippen LogP contribution in [-0.2, 0) is 11.3 Å². The van der Waals surface area contributed by atoms with Crippen molar-refractivity contribution in [2.45, 2.75) is 12.7 Å². The van der Waals surface area contributed by atoms with E-state index >= 15 is 0 Å². The molecule has 2 heterocycles. The standard InChI is InChI=1S/C27H30ClN5O2.C2HF3O2/c1-31-13-14-33(27(31)35)24-8-7-18(15-23(24)28)21-3-2-4-22(26(21)34)19-5-6-20(17-29)25(16-19)32-11-9-30-10-12-32;3-2(4,5)1(6)7/h2-8,15-16,30,34H,9-14,17,29H2,1H3;(H,6,7). The molecule has 3 aromatic rings. The Morgan fingerprint density at radius 1 is 0.976 bits per heavy atom. The van der Waals surface area contributed by atoms with Crippen molar-refractivity contribution in [1.29, 1.82) is 0 Å². The fourth-order valence-electron chi connectivity index (χ4n) is 4.88. The topological polar surface area (TPSA) is 122 Å². The van der Waals surface area contributed by atoms with Crippen molar-refractivity contribution in [2.75, 3.05) is 56.1 Å². The fraction of sp³-hybridized carbons (Fsp3) is 0.310. The van der Waals surface area contributed by atoms with Gasteiger partial charge in [0.25, 0.3) is 0 Å². The number of benzene rings is 3. The van der Waals surface area contributed by atoms with Gasteiger partial charge in [-0.05, 0) is 34.9 Å². The molecule has 5 rings (SSSR count). The lowest BCUT2D eigenvalue weighted by Crippen LogP contribution is -2.44. The number of amides is 2. The smallest absolute Gasteiger partial charge is 0.490 e. The number of piperazine rings is 1. The minimum Gasteiger partial charge on any atom is -0.507 e. The third-order valence-electron chi connectivity index (χ3n) is 7.12. The highest BCUT2D eigenvalue weighted by Crippen LogP contribution is 2.41. The highest BCUT2D eigenvalue weighted by Gasteiger charge is 2.38. The van der Waals surface area contributed by atoms with E-state index in [0.29, 0.717) is 35.9 Å². The van der Waals surface area contributed by atoms with Crippen molar-refractivity contribution in [2.24, 2.45) is 5.73 Å². The van der Waals surface area contributed by atoms with Gasteiger partial charge in [0.05, 0.1) is 10.7 Å². The van der Waals surface area contributed by atoms with Gasteiger partial charge in [-0.15, -0.1) is 0 Å². The number of para-hydroxylation sites is 1. The molecular weight excluding hydrogens is 575 g/mol. The Hall–Kier alpha value is -4.00. The number of nitrogens with one attached hydrogen (secondary N) is 1. The Labute approximate surface area is 245 Å². The van der Waals surface area contributed by atoms with Crippen LogP contribution in [0.25, 0.3) is 22.3 Å². The van der Waals surface area contributed by atoms with E-state index in [1.807, 2.05) is 42.5 Å². The summed E-state index contributed by atoms with van der Waals surface area (Å²) in [5.41, 5.74) is 12.1. The normalized spacial score (nSPS) is 15.5. The van der Waals surface area contributed by atoms with Gasteiger partial charge in [0.15, 0.2) is 0 Å². The number of urea groups is 1. The first-order chi connectivity index (χ1) is 19.9. The maximum absolute atomic E-state index is 12.4. The Balaban J connectivity index is 0.000000517. The number of carbonyl (C=O) groups excluding carboxylic acids is 1. The van der Waals surface area contributed by atoms with E-state index < -0.39 is 12.1 Å². The number of phenols is 1. The predicted molar refractivity (Wildman–Crippen MR) is 156 cm³/mol. The van der Waals surface area contributed by atoms with E-state index in [2.05, 4.69) is 22.3 Å². The van der Waals surface area contributed by atoms with Crippen LogP contribution in [0, 0.1) is 0 Å². The number of phenolic OH excluding ortho intramolecular Hbond substituents is 1. The van der Waals surface area contributed by atoms with Crippen molar-refractivity contribution >= 4 is 35.0 Å². The van der Waals surface area contributed by atoms with Crippen LogP contribution in [0.3, 0.4) is 0 Å². The lowest BCUT2D eigenvalue weighted by Gasteiger charge is -2.31. The monoisotopic (exact) mass is 605 g/mol. The molecular formula is C29H31ClF3N5O4. The number of nitrogens with two attached hydrogens (primary N) is 1. The molecule has 0 aliphatic carbocycles. The number of carboxylic acids is 1. The van der Waals surface area contributed by atoms with Crippen LogP contribution in [0.5, 0.6) is 5.75 Å². The minimum absolute atomic E-state index is 0.0642. The van der Waals surface area contributed by atoms with Crippen LogP contribution in [0.1, 0.15) is 5.56 Å². The van der Waals surface area contributed by atoms with Crippen LogP contribution in [0.4, 0.5) is 29.3 Å². The van der Waals surface area contributed by atoms with Crippen LogP contribution in [0.15, 0.2) is 54.6 Å². The first-order valence-corrected chi connectivity index (χ1v) is 13.5. The number of halogens is 4. The number of aromatic hydroxyl groups is 1. The molecule has 0 radical (unpaired) electrons. The first kappa shape index (κ1) is 30.9. The summed E-state index contributed by atoms with van der Waals surface area (Å²) >= 11 is 6.61. The molecule has 2 aliphatic rings. The molecule has 2 fully saturated rings. The van der Waals surface area contributed by atoms with Crippen LogP contribution in [0.2, 0.25) is 5.02 Å². The second-order valence-corrected chi connectivity index (χ2v) is 10.2. The molecule has 224 valence electrons. The van der Waals surface area contributed by atoms with Gasteiger partial charge in [-0.3, -0.25) is 4.90 Å². The number of hydrogen-bond acceptors (Lipinski definition) is 6. The van der Waals surface area contributed by atoms with Crippen molar-refractivity contribution in [1.82, 2.24) is 10.2 Å². The van der Waals surface area contributed by atoms with E-state index in [-0.39, 0.29) is 11.8 Å². The number of anilines is 2. The quantitative estimate of drug-likeness (QED) is 0.331. The van der Waals surface area contributed by atoms with Crippen molar-refractivity contribution < 1.29 is 33.0 Å². The van der Waals surface area contributed by atoms with Gasteiger partial charge in [-0.25, -0.2) is 9.59 Å². The van der Waals surface area contributed by atoms with E-state index in [1.54, 1.807) is 16.8 Å². The Morgan fingerprint density at radius 3 is 2.10 bits per heavy atom. The van der Waals surface area contributed by atoms with E-state index in [9.17, 15) is 23.1 Å². The van der Waals surface area contributed by atoms with Gasteiger partial charge < -0.3 is 31.1 Å². The number of likely N-dealkylation sites (N-methyl/N-ethyl adjacent to an activating group) is 1. The third kappa shape index (κ3) is 6.72. The second kappa shape index (κ2) is 12.9. The number of hydrogen-bond donors (Lipinski definition) is 4. The summed E-state index contributed by atoms with van der Waals surface area (Å²) in [4.78, 5) is 27.0. The van der Waals surface area contributed by atoms with Gasteiger partial charge in [0.2, 0.25) is 0 Å². The van der Waals surface area contributed by atoms with E-state index in [4.69, 9.17) is 27.2 Å². The molecule has 0 bridgehead atoms. The molecule has 2 saturated heterocycles. The third-order valence-corrected chi connectivity index (χ3v) is 7.42. The highest BCUT2D eigenvalue weighted by molar-refractivity contribution is 6.34. The molecule has 9 nitrogen and oxygen atoms in total. The summed E-state index contributed by atoms with van der Waals surface area (Å²) in [6.07, 6.45) is -5.08. The Kier molecular flexibility index (Phi) is 9.50. The first-order valence-electron chi connectivity index (χ1n) is 13.2. The number of nitrogens with zero attached hydrogens (tertiary/aromatic N) is 3. The molecule has 42 heavy (non-hydrogen) atoms. The lowest BCUT2D eigenvalue weighted by atomic mass is 9.95. The molecule has 2 aliphatic heterocycles. The summed E-state index contributed by atoms with van der Waals surface area (Å²) < 4.78 is 31.7. The van der Waals surface area contributed by atoms with E-state index in [1.165, 1.54) is 0 Å². The van der Waals surface area contributed by atoms with Gasteiger partial charge in [-0.1, -0.05) is 48.0 Å². The van der Waals surface area contributed by atoms with Crippen molar-refractivity contribution in [3.8, 4) is 28.0 Å². The Morgan fingerprint density at radius 2 is 1.57 bits per heavy atom. The summed E-state index contributed by atoms with van der Waals surface area (Å²) in [6, 6.07) is 17.4. The zero-order valence-corrected chi connectivity index (χ0v) is 23.5.